The third kappa shape index (κ3) is 3.26. The van der Waals surface area contributed by atoms with E-state index in [9.17, 15) is 19.2 Å². The lowest BCUT2D eigenvalue weighted by Crippen LogP contribution is -2.53. The molecule has 4 amide bonds. The molecule has 0 fully saturated rings. The molecule has 0 radical (unpaired) electrons. The Balaban J connectivity index is 0.000000791. The van der Waals surface area contributed by atoms with Crippen molar-refractivity contribution in [2.75, 3.05) is 0 Å². The second-order valence-electron chi connectivity index (χ2n) is 4.71. The summed E-state index contributed by atoms with van der Waals surface area (Å²) in [5.41, 5.74) is 0.673. The van der Waals surface area contributed by atoms with Crippen molar-refractivity contribution in [3.05, 3.63) is 59.0 Å². The highest BCUT2D eigenvalue weighted by Gasteiger charge is 2.29. The highest BCUT2D eigenvalue weighted by Crippen LogP contribution is 2.09. The van der Waals surface area contributed by atoms with Crippen LogP contribution < -0.4 is 21.1 Å². The molecule has 0 bridgehead atoms. The average molecular weight is 354 g/mol. The maximum atomic E-state index is 12.0. The predicted molar refractivity (Wildman–Crippen MR) is 101 cm³/mol. The Morgan fingerprint density at radius 3 is 1.23 bits per heavy atom. The van der Waals surface area contributed by atoms with Gasteiger partial charge in [-0.3, -0.25) is 29.8 Å². The first-order valence-electron chi connectivity index (χ1n) is 8.37. The van der Waals surface area contributed by atoms with Crippen LogP contribution in [0.5, 0.6) is 0 Å². The second kappa shape index (κ2) is 8.71. The molecule has 6 heteroatoms. The predicted octanol–water partition coefficient (Wildman–Crippen LogP) is 0.952. The largest absolute Gasteiger partial charge is 0.288 e. The Morgan fingerprint density at radius 2 is 0.962 bits per heavy atom. The third-order valence-electron chi connectivity index (χ3n) is 3.58. The van der Waals surface area contributed by atoms with Crippen molar-refractivity contribution < 1.29 is 19.2 Å². The normalized spacial score (nSPS) is 14.5. The molecule has 2 aliphatic rings. The Morgan fingerprint density at radius 1 is 0.654 bits per heavy atom. The molecule has 0 spiro atoms. The Labute approximate surface area is 152 Å². The Bertz CT molecular complexity index is 862. The van der Waals surface area contributed by atoms with Crippen molar-refractivity contribution in [2.24, 2.45) is 0 Å². The molecule has 0 atom stereocenters. The minimum atomic E-state index is -0.622. The molecule has 0 aromatic heterocycles. The zero-order valence-corrected chi connectivity index (χ0v) is 15.4. The van der Waals surface area contributed by atoms with E-state index in [1.54, 1.807) is 0 Å². The molecule has 0 aliphatic carbocycles. The van der Waals surface area contributed by atoms with Crippen molar-refractivity contribution in [1.82, 2.24) is 10.6 Å². The fourth-order valence-corrected chi connectivity index (χ4v) is 2.63. The maximum Gasteiger partial charge on any atom is 0.258 e. The second-order valence-corrected chi connectivity index (χ2v) is 4.71. The fourth-order valence-electron chi connectivity index (χ4n) is 2.63. The van der Waals surface area contributed by atoms with Crippen molar-refractivity contribution >= 4 is 34.8 Å². The van der Waals surface area contributed by atoms with Gasteiger partial charge in [-0.05, 0) is 12.1 Å². The van der Waals surface area contributed by atoms with Crippen LogP contribution >= 0.6 is 0 Å². The fraction of sp³-hybridized carbons (Fsp3) is 0.200. The molecule has 2 heterocycles. The highest BCUT2D eigenvalue weighted by molar-refractivity contribution is 6.30. The zero-order chi connectivity index (χ0) is 20.0. The molecule has 0 unspecified atom stereocenters. The number of imide groups is 2. The summed E-state index contributed by atoms with van der Waals surface area (Å²) in [6.45, 7) is 15.1. The van der Waals surface area contributed by atoms with Gasteiger partial charge in [0.05, 0.1) is 0 Å². The van der Waals surface area contributed by atoms with Gasteiger partial charge in [-0.25, -0.2) is 0 Å². The van der Waals surface area contributed by atoms with Gasteiger partial charge >= 0.3 is 0 Å². The maximum absolute atomic E-state index is 12.0. The number of fused-ring (bicyclic) bond motifs is 3. The molecular weight excluding hydrogens is 332 g/mol. The number of benzene rings is 1. The summed E-state index contributed by atoms with van der Waals surface area (Å²) in [5.74, 6) is -2.42. The van der Waals surface area contributed by atoms with Gasteiger partial charge in [0.15, 0.2) is 0 Å². The van der Waals surface area contributed by atoms with Gasteiger partial charge in [-0.2, -0.15) is 0 Å². The van der Waals surface area contributed by atoms with Crippen LogP contribution in [0.2, 0.25) is 0 Å². The lowest BCUT2D eigenvalue weighted by Gasteiger charge is -2.19. The molecular formula is C20H22N2O4. The molecule has 26 heavy (non-hydrogen) atoms. The van der Waals surface area contributed by atoms with Crippen LogP contribution in [-0.4, -0.2) is 23.6 Å². The van der Waals surface area contributed by atoms with Gasteiger partial charge in [-0.1, -0.05) is 53.0 Å². The number of nitrogens with one attached hydrogen (secondary N) is 2. The molecule has 2 aliphatic heterocycles. The lowest BCUT2D eigenvalue weighted by atomic mass is 9.92. The summed E-state index contributed by atoms with van der Waals surface area (Å²) >= 11 is 0. The van der Waals surface area contributed by atoms with Crippen LogP contribution in [0.4, 0.5) is 0 Å². The molecule has 1 aromatic carbocycles. The summed E-state index contributed by atoms with van der Waals surface area (Å²) < 4.78 is 0. The van der Waals surface area contributed by atoms with Crippen LogP contribution in [0.3, 0.4) is 0 Å². The molecule has 0 saturated carbocycles. The Hall–Kier alpha value is -3.28. The first kappa shape index (κ1) is 20.8. The number of carbonyl (C=O) groups excluding carboxylic acids is 4. The molecule has 136 valence electrons. The van der Waals surface area contributed by atoms with E-state index in [0.29, 0.717) is 0 Å². The quantitative estimate of drug-likeness (QED) is 0.774. The molecule has 6 nitrogen and oxygen atoms in total. The van der Waals surface area contributed by atoms with Crippen LogP contribution in [0.15, 0.2) is 37.4 Å². The van der Waals surface area contributed by atoms with Crippen molar-refractivity contribution in [3.63, 3.8) is 0 Å². The summed E-state index contributed by atoms with van der Waals surface area (Å²) in [6.07, 6.45) is 2.58. The first-order valence-corrected chi connectivity index (χ1v) is 8.37. The monoisotopic (exact) mass is 354 g/mol. The molecule has 0 saturated heterocycles. The molecule has 3 rings (SSSR count). The number of amides is 4. The first-order chi connectivity index (χ1) is 12.5. The van der Waals surface area contributed by atoms with Gasteiger partial charge in [0.2, 0.25) is 0 Å². The van der Waals surface area contributed by atoms with Gasteiger partial charge in [0, 0.05) is 32.7 Å². The van der Waals surface area contributed by atoms with Crippen LogP contribution in [0.25, 0.3) is 11.1 Å². The van der Waals surface area contributed by atoms with E-state index in [0.717, 1.165) is 0 Å². The molecule has 1 aromatic rings. The van der Waals surface area contributed by atoms with Crippen molar-refractivity contribution in [1.29, 1.82) is 0 Å². The van der Waals surface area contributed by atoms with E-state index in [1.807, 2.05) is 27.7 Å². The minimum Gasteiger partial charge on any atom is -0.288 e. The van der Waals surface area contributed by atoms with Crippen molar-refractivity contribution in [3.8, 4) is 0 Å². The van der Waals surface area contributed by atoms with E-state index in [2.05, 4.69) is 23.8 Å². The average Bonchev–Trinajstić information content (AvgIpc) is 2.65. The summed E-state index contributed by atoms with van der Waals surface area (Å²) in [5, 5.41) is 4.85. The smallest absolute Gasteiger partial charge is 0.258 e. The number of carbonyl (C=O) groups is 4. The van der Waals surface area contributed by atoms with Gasteiger partial charge < -0.3 is 0 Å². The number of rotatable bonds is 2. The summed E-state index contributed by atoms with van der Waals surface area (Å²) in [4.78, 5) is 48.0. The topological polar surface area (TPSA) is 92.3 Å². The van der Waals surface area contributed by atoms with E-state index < -0.39 is 23.6 Å². The zero-order valence-electron chi connectivity index (χ0n) is 15.4. The van der Waals surface area contributed by atoms with Crippen LogP contribution in [-0.2, 0) is 9.59 Å². The van der Waals surface area contributed by atoms with E-state index in [1.165, 1.54) is 24.3 Å². The van der Waals surface area contributed by atoms with Gasteiger partial charge in [0.1, 0.15) is 0 Å². The van der Waals surface area contributed by atoms with Crippen LogP contribution in [0, 0.1) is 0 Å². The summed E-state index contributed by atoms with van der Waals surface area (Å²) in [6, 6.07) is 2.88. The standard InChI is InChI=1S/C16H10N2O4.2C2H6/c1-3-7-11-9(15(21)17-13(7)19)5-6-10-12(11)8(4-2)14(20)18-16(10)22;2*1-2/h3-6H,1-2H2,(H,17,19,21)(H,18,20,22);2*1-2H3. The van der Waals surface area contributed by atoms with E-state index in [-0.39, 0.29) is 32.7 Å². The Kier molecular flexibility index (Phi) is 6.96. The lowest BCUT2D eigenvalue weighted by molar-refractivity contribution is -0.115. The van der Waals surface area contributed by atoms with E-state index >= 15 is 0 Å². The highest BCUT2D eigenvalue weighted by atomic mass is 16.2. The minimum absolute atomic E-state index is 0.133. The van der Waals surface area contributed by atoms with Crippen LogP contribution in [0.1, 0.15) is 48.4 Å². The number of hydrogen-bond acceptors (Lipinski definition) is 4. The van der Waals surface area contributed by atoms with Crippen molar-refractivity contribution in [2.45, 2.75) is 27.7 Å². The van der Waals surface area contributed by atoms with Gasteiger partial charge in [0.25, 0.3) is 23.6 Å². The number of hydrogen-bond donors (Lipinski definition) is 2. The SMILES string of the molecule is C=CC1=c2c(ccc3c2=C(C=C)C(=O)NC3=O)C(=O)NC1=O.CC.CC. The van der Waals surface area contributed by atoms with E-state index in [4.69, 9.17) is 0 Å². The third-order valence-corrected chi connectivity index (χ3v) is 3.58. The summed E-state index contributed by atoms with van der Waals surface area (Å²) in [7, 11) is 0. The van der Waals surface area contributed by atoms with Gasteiger partial charge in [-0.15, -0.1) is 0 Å². The molecule has 2 N–H and O–H groups in total.